The summed E-state index contributed by atoms with van der Waals surface area (Å²) in [5.41, 5.74) is 3.67. The van der Waals surface area contributed by atoms with Gasteiger partial charge in [0.05, 0.1) is 36.3 Å². The molecule has 2 aromatic rings. The van der Waals surface area contributed by atoms with Crippen molar-refractivity contribution < 1.29 is 9.47 Å². The Hall–Kier alpha value is -2.98. The van der Waals surface area contributed by atoms with Crippen LogP contribution in [0.3, 0.4) is 0 Å². The molecule has 0 amide bonds. The van der Waals surface area contributed by atoms with E-state index in [0.717, 1.165) is 48.1 Å². The molecule has 1 aromatic heterocycles. The third-order valence-corrected chi connectivity index (χ3v) is 5.73. The van der Waals surface area contributed by atoms with E-state index in [1.165, 1.54) is 5.56 Å². The van der Waals surface area contributed by atoms with Gasteiger partial charge in [-0.1, -0.05) is 0 Å². The molecule has 2 heterocycles. The fourth-order valence-corrected chi connectivity index (χ4v) is 3.98. The number of nitriles is 1. The lowest BCUT2D eigenvalue weighted by atomic mass is 9.68. The highest BCUT2D eigenvalue weighted by Gasteiger charge is 2.40. The maximum atomic E-state index is 9.11. The summed E-state index contributed by atoms with van der Waals surface area (Å²) < 4.78 is 11.6. The number of aromatic nitrogens is 1. The lowest BCUT2D eigenvalue weighted by Gasteiger charge is -2.37. The van der Waals surface area contributed by atoms with Gasteiger partial charge in [-0.25, -0.2) is 0 Å². The first kappa shape index (κ1) is 19.3. The van der Waals surface area contributed by atoms with Crippen molar-refractivity contribution in [2.45, 2.75) is 51.9 Å². The minimum atomic E-state index is -0.348. The Balaban J connectivity index is 1.48. The van der Waals surface area contributed by atoms with Crippen LogP contribution in [0.5, 0.6) is 5.75 Å². The molecule has 1 aromatic carbocycles. The summed E-state index contributed by atoms with van der Waals surface area (Å²) in [7, 11) is 0. The van der Waals surface area contributed by atoms with Crippen LogP contribution in [-0.4, -0.2) is 35.7 Å². The van der Waals surface area contributed by atoms with Crippen LogP contribution >= 0.6 is 0 Å². The smallest absolute Gasteiger partial charge is 0.141 e. The number of rotatable bonds is 5. The molecule has 1 saturated carbocycles. The van der Waals surface area contributed by atoms with Crippen molar-refractivity contribution in [3.05, 3.63) is 35.5 Å². The molecule has 2 aliphatic rings. The van der Waals surface area contributed by atoms with E-state index in [9.17, 15) is 0 Å². The molecule has 29 heavy (non-hydrogen) atoms. The lowest BCUT2D eigenvalue weighted by Crippen LogP contribution is -2.37. The first-order valence-electron chi connectivity index (χ1n) is 9.88. The highest BCUT2D eigenvalue weighted by atomic mass is 16.5. The summed E-state index contributed by atoms with van der Waals surface area (Å²) >= 11 is 0. The van der Waals surface area contributed by atoms with Crippen molar-refractivity contribution in [3.63, 3.8) is 0 Å². The fourth-order valence-electron chi connectivity index (χ4n) is 3.98. The highest BCUT2D eigenvalue weighted by molar-refractivity contribution is 6.32. The van der Waals surface area contributed by atoms with Crippen LogP contribution < -0.4 is 10.6 Å². The summed E-state index contributed by atoms with van der Waals surface area (Å²) in [5, 5.41) is 14.1. The molecule has 150 valence electrons. The van der Waals surface area contributed by atoms with Gasteiger partial charge in [0.25, 0.3) is 0 Å². The zero-order valence-corrected chi connectivity index (χ0v) is 16.8. The predicted molar refractivity (Wildman–Crippen MR) is 112 cm³/mol. The van der Waals surface area contributed by atoms with E-state index in [-0.39, 0.29) is 17.6 Å². The number of hydrazone groups is 1. The minimum Gasteiger partial charge on any atom is -0.484 e. The van der Waals surface area contributed by atoms with Crippen molar-refractivity contribution in [3.8, 4) is 11.8 Å². The normalized spacial score (nSPS) is 25.3. The molecular weight excluding hydrogens is 366 g/mol. The van der Waals surface area contributed by atoms with Crippen LogP contribution in [0.15, 0.2) is 34.5 Å². The Morgan fingerprint density at radius 2 is 2.31 bits per heavy atom. The van der Waals surface area contributed by atoms with Gasteiger partial charge in [-0.05, 0) is 62.4 Å². The molecule has 0 saturated heterocycles. The fraction of sp³-hybridized carbons (Fsp3) is 0.455. The van der Waals surface area contributed by atoms with Crippen molar-refractivity contribution in [2.24, 2.45) is 21.4 Å². The van der Waals surface area contributed by atoms with Gasteiger partial charge in [-0.2, -0.15) is 10.4 Å². The Morgan fingerprint density at radius 1 is 1.48 bits per heavy atom. The van der Waals surface area contributed by atoms with E-state index in [1.807, 2.05) is 38.2 Å². The van der Waals surface area contributed by atoms with Crippen LogP contribution in [0, 0.1) is 16.7 Å². The van der Waals surface area contributed by atoms with E-state index in [0.29, 0.717) is 12.3 Å². The van der Waals surface area contributed by atoms with E-state index < -0.39 is 0 Å². The zero-order chi connectivity index (χ0) is 20.4. The molecule has 1 aliphatic heterocycles. The number of nitrogens with two attached hydrogens (primary N) is 1. The Kier molecular flexibility index (Phi) is 5.20. The number of nitrogens with zero attached hydrogens (tertiary/aromatic N) is 4. The third kappa shape index (κ3) is 3.94. The Morgan fingerprint density at radius 3 is 3.07 bits per heavy atom. The van der Waals surface area contributed by atoms with Crippen molar-refractivity contribution >= 4 is 22.8 Å². The first-order chi connectivity index (χ1) is 14.0. The van der Waals surface area contributed by atoms with Gasteiger partial charge < -0.3 is 15.3 Å². The number of aliphatic imine (C=N–C) groups is 1. The van der Waals surface area contributed by atoms with Gasteiger partial charge >= 0.3 is 0 Å². The molecule has 1 unspecified atom stereocenters. The molecule has 0 spiro atoms. The SMILES string of the molecule is CC(Oc1ccc2ncc3c(c2c1)CCOC3)/C(C=NC1CC(C)(C#N)C1)=N/N. The molecule has 1 fully saturated rings. The van der Waals surface area contributed by atoms with Gasteiger partial charge in [-0.15, -0.1) is 0 Å². The van der Waals surface area contributed by atoms with E-state index in [4.69, 9.17) is 20.6 Å². The van der Waals surface area contributed by atoms with Crippen LogP contribution in [0.1, 0.15) is 37.8 Å². The molecule has 1 atom stereocenters. The summed E-state index contributed by atoms with van der Waals surface area (Å²) in [6.07, 6.45) is 5.62. The maximum absolute atomic E-state index is 9.11. The summed E-state index contributed by atoms with van der Waals surface area (Å²) in [5.74, 6) is 6.31. The number of hydrogen-bond acceptors (Lipinski definition) is 7. The van der Waals surface area contributed by atoms with Gasteiger partial charge in [0.2, 0.25) is 0 Å². The van der Waals surface area contributed by atoms with Gasteiger partial charge in [0.1, 0.15) is 17.6 Å². The third-order valence-electron chi connectivity index (χ3n) is 5.73. The number of hydrogen-bond donors (Lipinski definition) is 1. The van der Waals surface area contributed by atoms with Gasteiger partial charge in [0, 0.05) is 17.8 Å². The Labute approximate surface area is 170 Å². The second kappa shape index (κ2) is 7.80. The molecule has 4 rings (SSSR count). The standard InChI is InChI=1S/C22H25N5O2/c1-14(21(27-24)11-25-16-8-22(2,9-16)13-23)29-17-3-4-20-19(7-17)18-5-6-28-12-15(18)10-26-20/h3-4,7,10-11,14,16H,5-6,8-9,12,24H2,1-2H3/b25-11?,27-21+. The molecule has 7 nitrogen and oxygen atoms in total. The quantitative estimate of drug-likeness (QED) is 0.479. The molecular formula is C22H25N5O2. The lowest BCUT2D eigenvalue weighted by molar-refractivity contribution is 0.111. The first-order valence-corrected chi connectivity index (χ1v) is 9.88. The molecule has 7 heteroatoms. The van der Waals surface area contributed by atoms with Crippen LogP contribution in [-0.2, 0) is 17.8 Å². The number of fused-ring (bicyclic) bond motifs is 3. The number of pyridine rings is 1. The van der Waals surface area contributed by atoms with Crippen molar-refractivity contribution in [1.29, 1.82) is 5.26 Å². The summed E-state index contributed by atoms with van der Waals surface area (Å²) in [4.78, 5) is 9.05. The minimum absolute atomic E-state index is 0.143. The topological polar surface area (TPSA) is 106 Å². The summed E-state index contributed by atoms with van der Waals surface area (Å²) in [6.45, 7) is 5.18. The Bertz CT molecular complexity index is 1020. The average molecular weight is 391 g/mol. The second-order valence-corrected chi connectivity index (χ2v) is 8.07. The molecule has 0 radical (unpaired) electrons. The second-order valence-electron chi connectivity index (χ2n) is 8.07. The van der Waals surface area contributed by atoms with E-state index >= 15 is 0 Å². The van der Waals surface area contributed by atoms with E-state index in [1.54, 1.807) is 6.21 Å². The molecule has 1 aliphatic carbocycles. The van der Waals surface area contributed by atoms with Crippen molar-refractivity contribution in [1.82, 2.24) is 4.98 Å². The number of ether oxygens (including phenoxy) is 2. The largest absolute Gasteiger partial charge is 0.484 e. The average Bonchev–Trinajstić information content (AvgIpc) is 2.72. The van der Waals surface area contributed by atoms with Crippen LogP contribution in [0.4, 0.5) is 0 Å². The molecule has 2 N–H and O–H groups in total. The van der Waals surface area contributed by atoms with E-state index in [2.05, 4.69) is 21.1 Å². The highest BCUT2D eigenvalue weighted by Crippen LogP contribution is 2.41. The summed E-state index contributed by atoms with van der Waals surface area (Å²) in [6, 6.07) is 8.38. The van der Waals surface area contributed by atoms with Gasteiger partial charge in [0.15, 0.2) is 0 Å². The molecule has 0 bridgehead atoms. The monoisotopic (exact) mass is 391 g/mol. The van der Waals surface area contributed by atoms with Crippen LogP contribution in [0.2, 0.25) is 0 Å². The number of benzene rings is 1. The maximum Gasteiger partial charge on any atom is 0.141 e. The zero-order valence-electron chi connectivity index (χ0n) is 16.8. The van der Waals surface area contributed by atoms with Crippen LogP contribution in [0.25, 0.3) is 10.9 Å². The predicted octanol–water partition coefficient (Wildman–Crippen LogP) is 3.15. The van der Waals surface area contributed by atoms with Gasteiger partial charge in [-0.3, -0.25) is 9.98 Å². The van der Waals surface area contributed by atoms with Crippen molar-refractivity contribution in [2.75, 3.05) is 6.61 Å².